The average Bonchev–Trinajstić information content (AvgIpc) is 3.38. The zero-order valence-electron chi connectivity index (χ0n) is 17.0. The third kappa shape index (κ3) is 4.68. The lowest BCUT2D eigenvalue weighted by Crippen LogP contribution is -2.56. The lowest BCUT2D eigenvalue weighted by molar-refractivity contribution is -0.136. The Morgan fingerprint density at radius 1 is 1.21 bits per heavy atom. The molecule has 1 aromatic rings. The molecule has 1 aromatic carbocycles. The second kappa shape index (κ2) is 9.01. The minimum absolute atomic E-state index is 0.0175. The van der Waals surface area contributed by atoms with E-state index in [4.69, 9.17) is 32.7 Å². The summed E-state index contributed by atoms with van der Waals surface area (Å²) >= 11 is 12.3. The maximum Gasteiger partial charge on any atom is 0.261 e. The lowest BCUT2D eigenvalue weighted by atomic mass is 9.71. The molecular formula is C22H30Cl2N2O3. The van der Waals surface area contributed by atoms with Crippen LogP contribution in [0.3, 0.4) is 0 Å². The highest BCUT2D eigenvalue weighted by atomic mass is 35.5. The summed E-state index contributed by atoms with van der Waals surface area (Å²) in [6, 6.07) is 5.39. The summed E-state index contributed by atoms with van der Waals surface area (Å²) < 4.78 is 12.5. The topological polar surface area (TPSA) is 50.8 Å². The number of benzene rings is 1. The number of amides is 1. The van der Waals surface area contributed by atoms with Gasteiger partial charge in [0, 0.05) is 35.7 Å². The molecule has 1 saturated carbocycles. The first-order valence-electron chi connectivity index (χ1n) is 10.7. The summed E-state index contributed by atoms with van der Waals surface area (Å²) in [6.45, 7) is 3.02. The van der Waals surface area contributed by atoms with Crippen LogP contribution in [0.4, 0.5) is 0 Å². The van der Waals surface area contributed by atoms with Gasteiger partial charge in [-0.2, -0.15) is 0 Å². The Morgan fingerprint density at radius 3 is 2.55 bits per heavy atom. The monoisotopic (exact) mass is 440 g/mol. The Kier molecular flexibility index (Phi) is 6.59. The number of nitrogens with zero attached hydrogens (tertiary/aromatic N) is 1. The van der Waals surface area contributed by atoms with Crippen molar-refractivity contribution in [1.29, 1.82) is 0 Å². The smallest absolute Gasteiger partial charge is 0.261 e. The van der Waals surface area contributed by atoms with Crippen molar-refractivity contribution in [3.63, 3.8) is 0 Å². The van der Waals surface area contributed by atoms with Gasteiger partial charge in [0.15, 0.2) is 6.10 Å². The molecule has 1 aliphatic carbocycles. The molecule has 1 spiro atoms. The van der Waals surface area contributed by atoms with Crippen molar-refractivity contribution in [2.45, 2.75) is 62.7 Å². The summed E-state index contributed by atoms with van der Waals surface area (Å²) in [5, 5.41) is 3.81. The number of carbonyl (C=O) groups is 1. The Morgan fingerprint density at radius 2 is 1.93 bits per heavy atom. The summed E-state index contributed by atoms with van der Waals surface area (Å²) in [4.78, 5) is 15.5. The molecule has 3 fully saturated rings. The molecule has 3 aliphatic rings. The van der Waals surface area contributed by atoms with Crippen LogP contribution in [0, 0.1) is 5.92 Å². The molecule has 0 bridgehead atoms. The summed E-state index contributed by atoms with van der Waals surface area (Å²) in [5.74, 6) is 0.535. The van der Waals surface area contributed by atoms with Crippen LogP contribution in [0.1, 0.15) is 44.9 Å². The molecule has 2 heterocycles. The van der Waals surface area contributed by atoms with Crippen LogP contribution < -0.4 is 10.1 Å². The fourth-order valence-corrected chi connectivity index (χ4v) is 5.92. The molecule has 160 valence electrons. The molecule has 7 heteroatoms. The SMILES string of the molecule is CNC(=O)C(Oc1cc(Cl)cc(Cl)c1)C1CCC2(CCCO2)CC1N1CCCC1. The molecule has 4 unspecified atom stereocenters. The second-order valence-electron chi connectivity index (χ2n) is 8.61. The van der Waals surface area contributed by atoms with E-state index in [1.165, 1.54) is 12.8 Å². The highest BCUT2D eigenvalue weighted by Crippen LogP contribution is 2.45. The van der Waals surface area contributed by atoms with Gasteiger partial charge in [-0.15, -0.1) is 0 Å². The molecule has 4 rings (SSSR count). The number of likely N-dealkylation sites (tertiary alicyclic amines) is 1. The standard InChI is InChI=1S/C22H30Cl2N2O3/c1-25-21(27)20(29-17-12-15(23)11-16(24)13-17)18-5-7-22(6-4-10-28-22)14-19(18)26-8-2-3-9-26/h11-13,18-20H,2-10,14H2,1H3,(H,25,27). The number of ether oxygens (including phenoxy) is 2. The first-order valence-corrected chi connectivity index (χ1v) is 11.5. The van der Waals surface area contributed by atoms with Gasteiger partial charge in [-0.05, 0) is 76.2 Å². The van der Waals surface area contributed by atoms with E-state index >= 15 is 0 Å². The number of nitrogens with one attached hydrogen (secondary N) is 1. The molecule has 1 N–H and O–H groups in total. The minimum atomic E-state index is -0.584. The van der Waals surface area contributed by atoms with Gasteiger partial charge in [0.2, 0.25) is 0 Å². The van der Waals surface area contributed by atoms with Crippen molar-refractivity contribution in [3.05, 3.63) is 28.2 Å². The zero-order chi connectivity index (χ0) is 20.4. The average molecular weight is 441 g/mol. The van der Waals surface area contributed by atoms with Gasteiger partial charge in [0.05, 0.1) is 5.60 Å². The predicted molar refractivity (Wildman–Crippen MR) is 115 cm³/mol. The molecule has 4 atom stereocenters. The number of likely N-dealkylation sites (N-methyl/N-ethyl adjacent to an activating group) is 1. The van der Waals surface area contributed by atoms with Crippen LogP contribution in [0.2, 0.25) is 10.0 Å². The zero-order valence-corrected chi connectivity index (χ0v) is 18.5. The number of carbonyl (C=O) groups excluding carboxylic acids is 1. The van der Waals surface area contributed by atoms with Crippen molar-refractivity contribution in [1.82, 2.24) is 10.2 Å². The summed E-state index contributed by atoms with van der Waals surface area (Å²) in [6.07, 6.45) is 6.97. The third-order valence-electron chi connectivity index (χ3n) is 6.80. The Hall–Kier alpha value is -1.01. The van der Waals surface area contributed by atoms with Crippen LogP contribution in [-0.4, -0.2) is 55.3 Å². The highest BCUT2D eigenvalue weighted by molar-refractivity contribution is 6.34. The maximum absolute atomic E-state index is 12.9. The van der Waals surface area contributed by atoms with Gasteiger partial charge in [-0.25, -0.2) is 0 Å². The normalized spacial score (nSPS) is 31.1. The van der Waals surface area contributed by atoms with Gasteiger partial charge in [-0.1, -0.05) is 23.2 Å². The van der Waals surface area contributed by atoms with E-state index in [1.54, 1.807) is 25.2 Å². The second-order valence-corrected chi connectivity index (χ2v) is 9.48. The van der Waals surface area contributed by atoms with E-state index in [-0.39, 0.29) is 23.5 Å². The fourth-order valence-electron chi connectivity index (χ4n) is 5.42. The minimum Gasteiger partial charge on any atom is -0.480 e. The van der Waals surface area contributed by atoms with Crippen LogP contribution in [0.15, 0.2) is 18.2 Å². The van der Waals surface area contributed by atoms with E-state index in [0.29, 0.717) is 15.8 Å². The van der Waals surface area contributed by atoms with Crippen LogP contribution in [-0.2, 0) is 9.53 Å². The predicted octanol–water partition coefficient (Wildman–Crippen LogP) is 4.30. The number of halogens is 2. The Labute approximate surface area is 183 Å². The van der Waals surface area contributed by atoms with E-state index in [2.05, 4.69) is 10.2 Å². The van der Waals surface area contributed by atoms with Crippen LogP contribution in [0.25, 0.3) is 0 Å². The van der Waals surface area contributed by atoms with Crippen molar-refractivity contribution in [3.8, 4) is 5.75 Å². The molecule has 5 nitrogen and oxygen atoms in total. The van der Waals surface area contributed by atoms with Crippen molar-refractivity contribution in [2.24, 2.45) is 5.92 Å². The van der Waals surface area contributed by atoms with E-state index in [0.717, 1.165) is 51.8 Å². The number of hydrogen-bond acceptors (Lipinski definition) is 4. The molecule has 2 aliphatic heterocycles. The summed E-state index contributed by atoms with van der Waals surface area (Å²) in [5.41, 5.74) is -0.0175. The van der Waals surface area contributed by atoms with Gasteiger partial charge < -0.3 is 14.8 Å². The lowest BCUT2D eigenvalue weighted by Gasteiger charge is -2.47. The fraction of sp³-hybridized carbons (Fsp3) is 0.682. The largest absolute Gasteiger partial charge is 0.480 e. The van der Waals surface area contributed by atoms with Gasteiger partial charge in [0.25, 0.3) is 5.91 Å². The van der Waals surface area contributed by atoms with Gasteiger partial charge in [-0.3, -0.25) is 9.69 Å². The van der Waals surface area contributed by atoms with E-state index in [9.17, 15) is 4.79 Å². The Bertz CT molecular complexity index is 713. The van der Waals surface area contributed by atoms with Crippen molar-refractivity contribution < 1.29 is 14.3 Å². The number of rotatable bonds is 5. The molecule has 0 aromatic heterocycles. The Balaban J connectivity index is 1.61. The molecular weight excluding hydrogens is 411 g/mol. The molecule has 29 heavy (non-hydrogen) atoms. The van der Waals surface area contributed by atoms with E-state index in [1.807, 2.05) is 0 Å². The number of hydrogen-bond donors (Lipinski definition) is 1. The van der Waals surface area contributed by atoms with Crippen LogP contribution >= 0.6 is 23.2 Å². The molecule has 0 radical (unpaired) electrons. The summed E-state index contributed by atoms with van der Waals surface area (Å²) in [7, 11) is 1.67. The van der Waals surface area contributed by atoms with Gasteiger partial charge in [0.1, 0.15) is 5.75 Å². The van der Waals surface area contributed by atoms with E-state index < -0.39 is 6.10 Å². The first-order chi connectivity index (χ1) is 14.0. The van der Waals surface area contributed by atoms with Gasteiger partial charge >= 0.3 is 0 Å². The third-order valence-corrected chi connectivity index (χ3v) is 7.23. The van der Waals surface area contributed by atoms with Crippen molar-refractivity contribution in [2.75, 3.05) is 26.7 Å². The molecule has 2 saturated heterocycles. The maximum atomic E-state index is 12.9. The molecule has 1 amide bonds. The van der Waals surface area contributed by atoms with Crippen LogP contribution in [0.5, 0.6) is 5.75 Å². The first kappa shape index (κ1) is 21.2. The highest BCUT2D eigenvalue weighted by Gasteiger charge is 2.49. The quantitative estimate of drug-likeness (QED) is 0.741. The van der Waals surface area contributed by atoms with Crippen molar-refractivity contribution >= 4 is 29.1 Å².